The second-order valence-electron chi connectivity index (χ2n) is 7.04. The third kappa shape index (κ3) is 2.44. The van der Waals surface area contributed by atoms with Gasteiger partial charge in [-0.2, -0.15) is 0 Å². The van der Waals surface area contributed by atoms with Gasteiger partial charge in [0.1, 0.15) is 0 Å². The van der Waals surface area contributed by atoms with Crippen molar-refractivity contribution in [2.45, 2.75) is 63.6 Å². The van der Waals surface area contributed by atoms with Crippen molar-refractivity contribution >= 4 is 0 Å². The van der Waals surface area contributed by atoms with E-state index in [1.165, 1.54) is 51.7 Å². The lowest BCUT2D eigenvalue weighted by atomic mass is 9.79. The van der Waals surface area contributed by atoms with Gasteiger partial charge in [-0.05, 0) is 52.0 Å². The lowest BCUT2D eigenvalue weighted by Crippen LogP contribution is -2.68. The Kier molecular flexibility index (Phi) is 3.87. The molecule has 110 valence electrons. The Balaban J connectivity index is 1.75. The van der Waals surface area contributed by atoms with E-state index in [2.05, 4.69) is 29.2 Å². The fraction of sp³-hybridized carbons (Fsp3) is 1.00. The van der Waals surface area contributed by atoms with Crippen molar-refractivity contribution in [3.8, 4) is 0 Å². The molecular weight excluding hydrogens is 236 g/mol. The smallest absolute Gasteiger partial charge is 0.0501 e. The predicted molar refractivity (Wildman–Crippen MR) is 78.7 cm³/mol. The van der Waals surface area contributed by atoms with Crippen LogP contribution in [0.15, 0.2) is 0 Å². The molecule has 0 saturated carbocycles. The van der Waals surface area contributed by atoms with Gasteiger partial charge in [0, 0.05) is 31.7 Å². The molecule has 5 atom stereocenters. The zero-order chi connectivity index (χ0) is 13.5. The number of piperidine rings is 2. The van der Waals surface area contributed by atoms with E-state index in [1.807, 2.05) is 0 Å². The number of hydrazine groups is 1. The molecule has 3 fully saturated rings. The Morgan fingerprint density at radius 3 is 2.58 bits per heavy atom. The van der Waals surface area contributed by atoms with Crippen LogP contribution in [0, 0.1) is 5.92 Å². The normalized spacial score (nSPS) is 47.5. The van der Waals surface area contributed by atoms with E-state index < -0.39 is 0 Å². The molecule has 0 aliphatic carbocycles. The van der Waals surface area contributed by atoms with Crippen molar-refractivity contribution in [3.05, 3.63) is 0 Å². The quantitative estimate of drug-likeness (QED) is 0.805. The van der Waals surface area contributed by atoms with Gasteiger partial charge in [-0.15, -0.1) is 0 Å². The zero-order valence-electron chi connectivity index (χ0n) is 12.6. The summed E-state index contributed by atoms with van der Waals surface area (Å²) < 4.78 is 0. The van der Waals surface area contributed by atoms with Crippen molar-refractivity contribution in [2.24, 2.45) is 11.7 Å². The van der Waals surface area contributed by atoms with Crippen molar-refractivity contribution in [1.29, 1.82) is 0 Å². The summed E-state index contributed by atoms with van der Waals surface area (Å²) in [6, 6.07) is 1.29. The van der Waals surface area contributed by atoms with Crippen molar-refractivity contribution < 1.29 is 0 Å². The molecule has 4 heteroatoms. The summed E-state index contributed by atoms with van der Waals surface area (Å²) in [5.41, 5.74) is 10.3. The number of fused-ring (bicyclic) bond motifs is 2. The second kappa shape index (κ2) is 5.32. The summed E-state index contributed by atoms with van der Waals surface area (Å²) in [7, 11) is 0. The third-order valence-corrected chi connectivity index (χ3v) is 5.84. The fourth-order valence-electron chi connectivity index (χ4n) is 4.41. The first-order chi connectivity index (χ1) is 9.14. The average Bonchev–Trinajstić information content (AvgIpc) is 2.82. The number of hydrogen-bond acceptors (Lipinski definition) is 4. The minimum absolute atomic E-state index is 0.160. The Morgan fingerprint density at radius 1 is 1.16 bits per heavy atom. The number of nitrogens with zero attached hydrogens (tertiary/aromatic N) is 2. The second-order valence-corrected chi connectivity index (χ2v) is 7.04. The molecule has 3 aliphatic rings. The van der Waals surface area contributed by atoms with Crippen LogP contribution in [0.2, 0.25) is 0 Å². The van der Waals surface area contributed by atoms with E-state index in [1.54, 1.807) is 0 Å². The highest BCUT2D eigenvalue weighted by atomic mass is 15.6. The molecule has 3 N–H and O–H groups in total. The maximum atomic E-state index is 6.22. The van der Waals surface area contributed by atoms with Gasteiger partial charge >= 0.3 is 0 Å². The summed E-state index contributed by atoms with van der Waals surface area (Å²) in [6.07, 6.45) is 6.53. The SMILES string of the molecule is CC1CCCC(C)N1NC1(CN)CCN2CCC1C2. The topological polar surface area (TPSA) is 44.5 Å². The first-order valence-electron chi connectivity index (χ1n) is 8.13. The highest BCUT2D eigenvalue weighted by Gasteiger charge is 2.47. The average molecular weight is 266 g/mol. The maximum Gasteiger partial charge on any atom is 0.0501 e. The number of rotatable bonds is 3. The molecule has 3 saturated heterocycles. The van der Waals surface area contributed by atoms with Gasteiger partial charge in [-0.25, -0.2) is 10.4 Å². The molecule has 0 spiro atoms. The van der Waals surface area contributed by atoms with Crippen LogP contribution in [0.5, 0.6) is 0 Å². The molecule has 0 aromatic heterocycles. The minimum atomic E-state index is 0.160. The standard InChI is InChI=1S/C15H30N4/c1-12-4-3-5-13(2)19(12)17-15(11-16)7-9-18-8-6-14(15)10-18/h12-14,17H,3-11,16H2,1-2H3. The summed E-state index contributed by atoms with van der Waals surface area (Å²) >= 11 is 0. The van der Waals surface area contributed by atoms with Gasteiger partial charge in [0.25, 0.3) is 0 Å². The molecule has 0 radical (unpaired) electrons. The molecular formula is C15H30N4. The molecule has 4 nitrogen and oxygen atoms in total. The highest BCUT2D eigenvalue weighted by molar-refractivity contribution is 5.04. The maximum absolute atomic E-state index is 6.22. The van der Waals surface area contributed by atoms with Gasteiger partial charge in [0.15, 0.2) is 0 Å². The highest BCUT2D eigenvalue weighted by Crippen LogP contribution is 2.36. The molecule has 3 heterocycles. The van der Waals surface area contributed by atoms with E-state index in [9.17, 15) is 0 Å². The lowest BCUT2D eigenvalue weighted by Gasteiger charge is -2.50. The molecule has 19 heavy (non-hydrogen) atoms. The first kappa shape index (κ1) is 13.8. The van der Waals surface area contributed by atoms with Crippen LogP contribution >= 0.6 is 0 Å². The van der Waals surface area contributed by atoms with Crippen molar-refractivity contribution in [3.63, 3.8) is 0 Å². The molecule has 3 aliphatic heterocycles. The number of hydrogen-bond donors (Lipinski definition) is 2. The van der Waals surface area contributed by atoms with Crippen LogP contribution in [-0.4, -0.2) is 53.7 Å². The van der Waals surface area contributed by atoms with Crippen LogP contribution in [0.4, 0.5) is 0 Å². The predicted octanol–water partition coefficient (Wildman–Crippen LogP) is 1.18. The monoisotopic (exact) mass is 266 g/mol. The van der Waals surface area contributed by atoms with Crippen molar-refractivity contribution in [1.82, 2.24) is 15.3 Å². The van der Waals surface area contributed by atoms with Gasteiger partial charge in [-0.1, -0.05) is 6.42 Å². The van der Waals surface area contributed by atoms with Gasteiger partial charge < -0.3 is 10.6 Å². The minimum Gasteiger partial charge on any atom is -0.329 e. The van der Waals surface area contributed by atoms with E-state index in [0.29, 0.717) is 12.1 Å². The lowest BCUT2D eigenvalue weighted by molar-refractivity contribution is -0.0286. The summed E-state index contributed by atoms with van der Waals surface area (Å²) in [5.74, 6) is 0.743. The third-order valence-electron chi connectivity index (χ3n) is 5.84. The van der Waals surface area contributed by atoms with Crippen LogP contribution < -0.4 is 11.2 Å². The first-order valence-corrected chi connectivity index (χ1v) is 8.13. The van der Waals surface area contributed by atoms with E-state index in [-0.39, 0.29) is 5.54 Å². The zero-order valence-corrected chi connectivity index (χ0v) is 12.6. The Bertz CT molecular complexity index is 311. The molecule has 3 rings (SSSR count). The summed E-state index contributed by atoms with van der Waals surface area (Å²) in [5, 5.41) is 2.53. The van der Waals surface area contributed by atoms with Crippen molar-refractivity contribution in [2.75, 3.05) is 26.2 Å². The number of nitrogens with two attached hydrogens (primary N) is 1. The molecule has 0 aromatic carbocycles. The van der Waals surface area contributed by atoms with Crippen LogP contribution in [-0.2, 0) is 0 Å². The van der Waals surface area contributed by atoms with E-state index in [0.717, 1.165) is 12.5 Å². The molecule has 0 amide bonds. The number of nitrogens with one attached hydrogen (secondary N) is 1. The summed E-state index contributed by atoms with van der Waals surface area (Å²) in [6.45, 7) is 9.24. The van der Waals surface area contributed by atoms with E-state index >= 15 is 0 Å². The fourth-order valence-corrected chi connectivity index (χ4v) is 4.41. The van der Waals surface area contributed by atoms with Gasteiger partial charge in [0.2, 0.25) is 0 Å². The molecule has 0 aromatic rings. The molecule has 5 unspecified atom stereocenters. The van der Waals surface area contributed by atoms with Gasteiger partial charge in [0.05, 0.1) is 5.54 Å². The largest absolute Gasteiger partial charge is 0.329 e. The Hall–Kier alpha value is -0.160. The Morgan fingerprint density at radius 2 is 1.89 bits per heavy atom. The molecule has 2 bridgehead atoms. The van der Waals surface area contributed by atoms with Crippen LogP contribution in [0.25, 0.3) is 0 Å². The summed E-state index contributed by atoms with van der Waals surface area (Å²) in [4.78, 5) is 2.60. The van der Waals surface area contributed by atoms with Crippen LogP contribution in [0.3, 0.4) is 0 Å². The van der Waals surface area contributed by atoms with E-state index in [4.69, 9.17) is 5.73 Å². The Labute approximate surface area is 117 Å². The van der Waals surface area contributed by atoms with Gasteiger partial charge in [-0.3, -0.25) is 0 Å². The van der Waals surface area contributed by atoms with Crippen LogP contribution in [0.1, 0.15) is 46.0 Å².